The summed E-state index contributed by atoms with van der Waals surface area (Å²) in [6, 6.07) is 0. The van der Waals surface area contributed by atoms with E-state index in [1.165, 1.54) is 0 Å². The van der Waals surface area contributed by atoms with E-state index in [1.807, 2.05) is 0 Å². The lowest BCUT2D eigenvalue weighted by Gasteiger charge is -2.28. The Labute approximate surface area is 102 Å². The fourth-order valence-corrected chi connectivity index (χ4v) is 2.87. The van der Waals surface area contributed by atoms with Crippen LogP contribution in [0.15, 0.2) is 0 Å². The number of carboxylic acids is 1. The maximum Gasteiger partial charge on any atom is 0.329 e. The summed E-state index contributed by atoms with van der Waals surface area (Å²) in [6.07, 6.45) is 4.86. The van der Waals surface area contributed by atoms with Gasteiger partial charge in [0.25, 0.3) is 0 Å². The van der Waals surface area contributed by atoms with Gasteiger partial charge in [0.05, 0.1) is 0 Å². The highest BCUT2D eigenvalue weighted by Gasteiger charge is 2.49. The summed E-state index contributed by atoms with van der Waals surface area (Å²) < 4.78 is 0. The van der Waals surface area contributed by atoms with E-state index in [4.69, 9.17) is 0 Å². The van der Waals surface area contributed by atoms with Crippen LogP contribution in [0.1, 0.15) is 46.0 Å². The highest BCUT2D eigenvalue weighted by atomic mass is 16.4. The second-order valence-corrected chi connectivity index (χ2v) is 5.79. The molecule has 0 bridgehead atoms. The molecule has 2 fully saturated rings. The van der Waals surface area contributed by atoms with Gasteiger partial charge in [-0.2, -0.15) is 0 Å². The number of hydrogen-bond acceptors (Lipinski definition) is 2. The molecule has 0 aromatic heterocycles. The largest absolute Gasteiger partial charge is 0.480 e. The van der Waals surface area contributed by atoms with Crippen LogP contribution in [0.4, 0.5) is 0 Å². The van der Waals surface area contributed by atoms with Crippen LogP contribution in [0.5, 0.6) is 0 Å². The van der Waals surface area contributed by atoms with Gasteiger partial charge in [0.15, 0.2) is 0 Å². The summed E-state index contributed by atoms with van der Waals surface area (Å²) >= 11 is 0. The molecule has 1 amide bonds. The van der Waals surface area contributed by atoms with Crippen LogP contribution in [-0.2, 0) is 9.59 Å². The van der Waals surface area contributed by atoms with Crippen LogP contribution in [0.25, 0.3) is 0 Å². The molecular weight excluding hydrogens is 218 g/mol. The Morgan fingerprint density at radius 2 is 1.88 bits per heavy atom. The van der Waals surface area contributed by atoms with Crippen molar-refractivity contribution >= 4 is 11.9 Å². The first kappa shape index (κ1) is 12.4. The zero-order chi connectivity index (χ0) is 12.6. The Balaban J connectivity index is 2.03. The molecule has 0 spiro atoms. The summed E-state index contributed by atoms with van der Waals surface area (Å²) in [5.74, 6) is -0.467. The molecule has 3 unspecified atom stereocenters. The quantitative estimate of drug-likeness (QED) is 0.786. The van der Waals surface area contributed by atoms with Crippen molar-refractivity contribution in [3.8, 4) is 0 Å². The van der Waals surface area contributed by atoms with Gasteiger partial charge in [-0.15, -0.1) is 0 Å². The molecule has 3 atom stereocenters. The predicted octanol–water partition coefficient (Wildman–Crippen LogP) is 1.79. The van der Waals surface area contributed by atoms with Crippen LogP contribution >= 0.6 is 0 Å². The molecular formula is C13H21NO3. The molecule has 0 aromatic rings. The van der Waals surface area contributed by atoms with E-state index in [0.717, 1.165) is 32.1 Å². The molecule has 2 N–H and O–H groups in total. The van der Waals surface area contributed by atoms with E-state index in [0.29, 0.717) is 5.92 Å². The van der Waals surface area contributed by atoms with E-state index in [9.17, 15) is 14.7 Å². The normalized spacial score (nSPS) is 31.9. The van der Waals surface area contributed by atoms with Crippen molar-refractivity contribution < 1.29 is 14.7 Å². The van der Waals surface area contributed by atoms with Crippen molar-refractivity contribution in [3.05, 3.63) is 0 Å². The Morgan fingerprint density at radius 3 is 2.29 bits per heavy atom. The van der Waals surface area contributed by atoms with Crippen molar-refractivity contribution in [1.29, 1.82) is 0 Å². The second kappa shape index (κ2) is 4.31. The SMILES string of the molecule is CC1CCCC1C(=O)NC(C)(C(=O)O)C1CC1. The minimum atomic E-state index is -1.06. The van der Waals surface area contributed by atoms with Crippen molar-refractivity contribution in [2.24, 2.45) is 17.8 Å². The minimum absolute atomic E-state index is 0.00687. The molecule has 2 rings (SSSR count). The number of carbonyl (C=O) groups is 2. The van der Waals surface area contributed by atoms with Gasteiger partial charge in [-0.1, -0.05) is 13.3 Å². The lowest BCUT2D eigenvalue weighted by Crippen LogP contribution is -2.55. The fourth-order valence-electron chi connectivity index (χ4n) is 2.87. The Morgan fingerprint density at radius 1 is 1.24 bits per heavy atom. The molecule has 96 valence electrons. The maximum atomic E-state index is 12.1. The van der Waals surface area contributed by atoms with E-state index in [-0.39, 0.29) is 17.7 Å². The highest BCUT2D eigenvalue weighted by Crippen LogP contribution is 2.40. The third kappa shape index (κ3) is 2.31. The minimum Gasteiger partial charge on any atom is -0.480 e. The zero-order valence-corrected chi connectivity index (χ0v) is 10.5. The summed E-state index contributed by atoms with van der Waals surface area (Å²) in [5.41, 5.74) is -1.06. The lowest BCUT2D eigenvalue weighted by molar-refractivity contribution is -0.148. The number of nitrogens with one attached hydrogen (secondary N) is 1. The number of rotatable bonds is 4. The Kier molecular flexibility index (Phi) is 3.15. The third-order valence-electron chi connectivity index (χ3n) is 4.42. The van der Waals surface area contributed by atoms with Gasteiger partial charge in [-0.05, 0) is 44.4 Å². The average molecular weight is 239 g/mol. The molecule has 4 nitrogen and oxygen atoms in total. The molecule has 2 aliphatic rings. The van der Waals surface area contributed by atoms with Gasteiger partial charge in [0.2, 0.25) is 5.91 Å². The van der Waals surface area contributed by atoms with Crippen LogP contribution < -0.4 is 5.32 Å². The van der Waals surface area contributed by atoms with Gasteiger partial charge in [-0.25, -0.2) is 4.79 Å². The van der Waals surface area contributed by atoms with Crippen LogP contribution in [-0.4, -0.2) is 22.5 Å². The van der Waals surface area contributed by atoms with Gasteiger partial charge in [-0.3, -0.25) is 4.79 Å². The van der Waals surface area contributed by atoms with Crippen LogP contribution in [0, 0.1) is 17.8 Å². The third-order valence-corrected chi connectivity index (χ3v) is 4.42. The smallest absolute Gasteiger partial charge is 0.329 e. The number of aliphatic carboxylic acids is 1. The fraction of sp³-hybridized carbons (Fsp3) is 0.846. The molecule has 2 saturated carbocycles. The molecule has 0 saturated heterocycles. The lowest BCUT2D eigenvalue weighted by atomic mass is 9.92. The molecule has 0 aromatic carbocycles. The number of carbonyl (C=O) groups excluding carboxylic acids is 1. The number of amides is 1. The number of hydrogen-bond donors (Lipinski definition) is 2. The van der Waals surface area contributed by atoms with E-state index in [1.54, 1.807) is 6.92 Å². The Bertz CT molecular complexity index is 338. The van der Waals surface area contributed by atoms with Crippen molar-refractivity contribution in [3.63, 3.8) is 0 Å². The molecule has 17 heavy (non-hydrogen) atoms. The summed E-state index contributed by atoms with van der Waals surface area (Å²) in [7, 11) is 0. The summed E-state index contributed by atoms with van der Waals surface area (Å²) in [6.45, 7) is 3.72. The second-order valence-electron chi connectivity index (χ2n) is 5.79. The molecule has 0 heterocycles. The molecule has 2 aliphatic carbocycles. The first-order chi connectivity index (χ1) is 7.95. The van der Waals surface area contributed by atoms with Gasteiger partial charge < -0.3 is 10.4 Å². The van der Waals surface area contributed by atoms with Crippen LogP contribution in [0.2, 0.25) is 0 Å². The summed E-state index contributed by atoms with van der Waals surface area (Å²) in [5, 5.41) is 12.1. The average Bonchev–Trinajstić information content (AvgIpc) is 3.01. The monoisotopic (exact) mass is 239 g/mol. The summed E-state index contributed by atoms with van der Waals surface area (Å²) in [4.78, 5) is 23.5. The van der Waals surface area contributed by atoms with Gasteiger partial charge in [0, 0.05) is 5.92 Å². The van der Waals surface area contributed by atoms with Crippen molar-refractivity contribution in [2.75, 3.05) is 0 Å². The Hall–Kier alpha value is -1.06. The first-order valence-corrected chi connectivity index (χ1v) is 6.50. The topological polar surface area (TPSA) is 66.4 Å². The van der Waals surface area contributed by atoms with E-state index >= 15 is 0 Å². The molecule has 0 radical (unpaired) electrons. The predicted molar refractivity (Wildman–Crippen MR) is 63.4 cm³/mol. The van der Waals surface area contributed by atoms with Gasteiger partial charge >= 0.3 is 5.97 Å². The molecule has 4 heteroatoms. The molecule has 0 aliphatic heterocycles. The zero-order valence-electron chi connectivity index (χ0n) is 10.5. The highest BCUT2D eigenvalue weighted by molar-refractivity contribution is 5.88. The van der Waals surface area contributed by atoms with Crippen LogP contribution in [0.3, 0.4) is 0 Å². The van der Waals surface area contributed by atoms with E-state index in [2.05, 4.69) is 12.2 Å². The van der Waals surface area contributed by atoms with E-state index < -0.39 is 11.5 Å². The maximum absolute atomic E-state index is 12.1. The standard InChI is InChI=1S/C13H21NO3/c1-8-4-3-5-10(8)11(15)14-13(2,12(16)17)9-6-7-9/h8-10H,3-7H2,1-2H3,(H,14,15)(H,16,17). The number of carboxylic acid groups (broad SMARTS) is 1. The van der Waals surface area contributed by atoms with Gasteiger partial charge in [0.1, 0.15) is 5.54 Å². The van der Waals surface area contributed by atoms with Crippen molar-refractivity contribution in [2.45, 2.75) is 51.5 Å². The first-order valence-electron chi connectivity index (χ1n) is 6.50. The van der Waals surface area contributed by atoms with Crippen molar-refractivity contribution in [1.82, 2.24) is 5.32 Å².